The summed E-state index contributed by atoms with van der Waals surface area (Å²) in [7, 11) is 0. The van der Waals surface area contributed by atoms with Crippen molar-refractivity contribution in [3.8, 4) is 12.3 Å². The summed E-state index contributed by atoms with van der Waals surface area (Å²) < 4.78 is 39.6. The third-order valence-corrected chi connectivity index (χ3v) is 8.05. The van der Waals surface area contributed by atoms with Gasteiger partial charge < -0.3 is 28.4 Å². The van der Waals surface area contributed by atoms with Gasteiger partial charge in [0.25, 0.3) is 0 Å². The third-order valence-electron chi connectivity index (χ3n) is 7.28. The highest BCUT2D eigenvalue weighted by atomic mass is 79.9. The fourth-order valence-electron chi connectivity index (χ4n) is 5.05. The Kier molecular flexibility index (Phi) is 12.6. The van der Waals surface area contributed by atoms with E-state index in [9.17, 15) is 0 Å². The molecule has 0 aromatic heterocycles. The minimum absolute atomic E-state index is 0.0537. The molecular formula is C37H37BrO6. The first kappa shape index (κ1) is 32.1. The SMILES string of the molecule is C#CCO[C@@H]1O[C@H](COCc2ccccc2)[C@@H](OCc2ccccc2)[C@H](OCc2ccccc2)[C@H]1OCc1ccccc1Br. The molecule has 1 saturated heterocycles. The Labute approximate surface area is 268 Å². The molecule has 1 aliphatic rings. The number of ether oxygens (including phenoxy) is 6. The van der Waals surface area contributed by atoms with Gasteiger partial charge in [0, 0.05) is 4.47 Å². The maximum atomic E-state index is 6.68. The van der Waals surface area contributed by atoms with Gasteiger partial charge in [-0.25, -0.2) is 0 Å². The van der Waals surface area contributed by atoms with Crippen molar-refractivity contribution < 1.29 is 28.4 Å². The van der Waals surface area contributed by atoms with Gasteiger partial charge in [0.05, 0.1) is 33.0 Å². The Hall–Kier alpha value is -3.32. The molecule has 0 amide bonds. The third kappa shape index (κ3) is 9.34. The molecule has 0 unspecified atom stereocenters. The molecule has 5 rings (SSSR count). The predicted octanol–water partition coefficient (Wildman–Crippen LogP) is 7.10. The number of rotatable bonds is 15. The first-order valence-corrected chi connectivity index (χ1v) is 15.5. The van der Waals surface area contributed by atoms with Crippen molar-refractivity contribution in [2.45, 2.75) is 57.1 Å². The molecule has 0 radical (unpaired) electrons. The molecule has 1 aliphatic heterocycles. The Morgan fingerprint density at radius 3 is 1.70 bits per heavy atom. The lowest BCUT2D eigenvalue weighted by molar-refractivity contribution is -0.326. The molecule has 5 atom stereocenters. The van der Waals surface area contributed by atoms with Crippen LogP contribution in [0.4, 0.5) is 0 Å². The van der Waals surface area contributed by atoms with Crippen LogP contribution in [0, 0.1) is 12.3 Å². The molecule has 1 heterocycles. The molecule has 4 aromatic rings. The molecule has 6 nitrogen and oxygen atoms in total. The standard InChI is InChI=1S/C37H37BrO6/c1-2-22-40-37-36(43-26-31-20-12-13-21-32(31)38)35(42-25-30-18-10-5-11-19-30)34(41-24-29-16-8-4-9-17-29)33(44-37)27-39-23-28-14-6-3-7-15-28/h1,3-21,33-37H,22-27H2/t33-,34-,35+,36-,37-/m1/s1. The van der Waals surface area contributed by atoms with Crippen LogP contribution in [0.25, 0.3) is 0 Å². The van der Waals surface area contributed by atoms with Gasteiger partial charge in [0.15, 0.2) is 6.29 Å². The number of halogens is 1. The molecular weight excluding hydrogens is 620 g/mol. The minimum atomic E-state index is -0.809. The molecule has 4 aromatic carbocycles. The minimum Gasteiger partial charge on any atom is -0.374 e. The lowest BCUT2D eigenvalue weighted by Crippen LogP contribution is -2.61. The number of terminal acetylenes is 1. The van der Waals surface area contributed by atoms with Gasteiger partial charge in [-0.05, 0) is 28.3 Å². The molecule has 0 saturated carbocycles. The van der Waals surface area contributed by atoms with E-state index in [2.05, 4.69) is 21.9 Å². The number of benzene rings is 4. The Balaban J connectivity index is 1.43. The summed E-state index contributed by atoms with van der Waals surface area (Å²) in [6, 6.07) is 38.0. The van der Waals surface area contributed by atoms with Crippen LogP contribution in [-0.2, 0) is 54.8 Å². The van der Waals surface area contributed by atoms with Crippen molar-refractivity contribution in [3.63, 3.8) is 0 Å². The van der Waals surface area contributed by atoms with E-state index in [0.717, 1.165) is 26.7 Å². The monoisotopic (exact) mass is 656 g/mol. The fourth-order valence-corrected chi connectivity index (χ4v) is 5.45. The van der Waals surface area contributed by atoms with Crippen molar-refractivity contribution in [1.29, 1.82) is 0 Å². The average Bonchev–Trinajstić information content (AvgIpc) is 3.07. The second-order valence-corrected chi connectivity index (χ2v) is 11.3. The molecule has 228 valence electrons. The maximum Gasteiger partial charge on any atom is 0.188 e. The van der Waals surface area contributed by atoms with E-state index in [1.807, 2.05) is 115 Å². The summed E-state index contributed by atoms with van der Waals surface area (Å²) in [5, 5.41) is 0. The van der Waals surface area contributed by atoms with Gasteiger partial charge in [-0.15, -0.1) is 6.42 Å². The van der Waals surface area contributed by atoms with Crippen molar-refractivity contribution in [2.75, 3.05) is 13.2 Å². The van der Waals surface area contributed by atoms with Gasteiger partial charge in [0.1, 0.15) is 31.0 Å². The lowest BCUT2D eigenvalue weighted by atomic mass is 9.97. The molecule has 1 fully saturated rings. The quantitative estimate of drug-likeness (QED) is 0.127. The Morgan fingerprint density at radius 2 is 1.11 bits per heavy atom. The summed E-state index contributed by atoms with van der Waals surface area (Å²) in [5.41, 5.74) is 4.12. The van der Waals surface area contributed by atoms with Crippen molar-refractivity contribution in [1.82, 2.24) is 0 Å². The largest absolute Gasteiger partial charge is 0.374 e. The zero-order chi connectivity index (χ0) is 30.4. The van der Waals surface area contributed by atoms with Crippen molar-refractivity contribution in [2.24, 2.45) is 0 Å². The van der Waals surface area contributed by atoms with E-state index in [1.165, 1.54) is 0 Å². The normalized spacial score (nSPS) is 21.5. The summed E-state index contributed by atoms with van der Waals surface area (Å²) in [5.74, 6) is 2.56. The van der Waals surface area contributed by atoms with E-state index in [-0.39, 0.29) is 13.2 Å². The van der Waals surface area contributed by atoms with Gasteiger partial charge in [0.2, 0.25) is 0 Å². The van der Waals surface area contributed by atoms with Crippen LogP contribution in [0.5, 0.6) is 0 Å². The first-order chi connectivity index (χ1) is 21.7. The van der Waals surface area contributed by atoms with Crippen LogP contribution >= 0.6 is 15.9 Å². The summed E-state index contributed by atoms with van der Waals surface area (Å²) >= 11 is 3.63. The highest BCUT2D eigenvalue weighted by Gasteiger charge is 2.49. The zero-order valence-electron chi connectivity index (χ0n) is 24.5. The Bertz CT molecular complexity index is 1430. The molecule has 44 heavy (non-hydrogen) atoms. The highest BCUT2D eigenvalue weighted by Crippen LogP contribution is 2.32. The summed E-state index contributed by atoms with van der Waals surface area (Å²) in [6.07, 6.45) is 2.53. The van der Waals surface area contributed by atoms with E-state index in [1.54, 1.807) is 0 Å². The van der Waals surface area contributed by atoms with Crippen LogP contribution in [-0.4, -0.2) is 43.9 Å². The lowest BCUT2D eigenvalue weighted by Gasteiger charge is -2.45. The van der Waals surface area contributed by atoms with Crippen molar-refractivity contribution in [3.05, 3.63) is 142 Å². The van der Waals surface area contributed by atoms with Crippen LogP contribution in [0.1, 0.15) is 22.3 Å². The molecule has 7 heteroatoms. The van der Waals surface area contributed by atoms with Crippen molar-refractivity contribution >= 4 is 15.9 Å². The van der Waals surface area contributed by atoms with E-state index >= 15 is 0 Å². The first-order valence-electron chi connectivity index (χ1n) is 14.7. The molecule has 0 N–H and O–H groups in total. The van der Waals surface area contributed by atoms with E-state index < -0.39 is 30.7 Å². The zero-order valence-corrected chi connectivity index (χ0v) is 26.1. The second-order valence-electron chi connectivity index (χ2n) is 10.4. The van der Waals surface area contributed by atoms with Crippen LogP contribution in [0.2, 0.25) is 0 Å². The van der Waals surface area contributed by atoms with Gasteiger partial charge in [-0.2, -0.15) is 0 Å². The van der Waals surface area contributed by atoms with Crippen LogP contribution in [0.15, 0.2) is 120 Å². The van der Waals surface area contributed by atoms with Gasteiger partial charge in [-0.1, -0.05) is 131 Å². The summed E-state index contributed by atoms with van der Waals surface area (Å²) in [6.45, 7) is 1.76. The van der Waals surface area contributed by atoms with E-state index in [4.69, 9.17) is 34.8 Å². The van der Waals surface area contributed by atoms with Crippen LogP contribution in [0.3, 0.4) is 0 Å². The predicted molar refractivity (Wildman–Crippen MR) is 172 cm³/mol. The average molecular weight is 658 g/mol. The fraction of sp³-hybridized carbons (Fsp3) is 0.297. The smallest absolute Gasteiger partial charge is 0.188 e. The van der Waals surface area contributed by atoms with Gasteiger partial charge in [-0.3, -0.25) is 0 Å². The number of hydrogen-bond acceptors (Lipinski definition) is 6. The molecule has 0 aliphatic carbocycles. The maximum absolute atomic E-state index is 6.68. The second kappa shape index (κ2) is 17.2. The molecule has 0 spiro atoms. The topological polar surface area (TPSA) is 55.4 Å². The molecule has 0 bridgehead atoms. The van der Waals surface area contributed by atoms with Crippen LogP contribution < -0.4 is 0 Å². The van der Waals surface area contributed by atoms with Gasteiger partial charge >= 0.3 is 0 Å². The Morgan fingerprint density at radius 1 is 0.591 bits per heavy atom. The van der Waals surface area contributed by atoms with E-state index in [0.29, 0.717) is 26.4 Å². The summed E-state index contributed by atoms with van der Waals surface area (Å²) in [4.78, 5) is 0. The highest BCUT2D eigenvalue weighted by molar-refractivity contribution is 9.10. The number of hydrogen-bond donors (Lipinski definition) is 0.